The van der Waals surface area contributed by atoms with E-state index in [1.165, 1.54) is 0 Å². The summed E-state index contributed by atoms with van der Waals surface area (Å²) in [6, 6.07) is 5.83. The smallest absolute Gasteiger partial charge is 0.410 e. The lowest BCUT2D eigenvalue weighted by Crippen LogP contribution is -2.50. The number of nitrogens with two attached hydrogens (primary N) is 1. The van der Waals surface area contributed by atoms with Crippen LogP contribution in [0.15, 0.2) is 18.2 Å². The molecule has 0 spiro atoms. The summed E-state index contributed by atoms with van der Waals surface area (Å²) in [4.78, 5) is 31.4. The number of hydrogen-bond donors (Lipinski definition) is 2. The molecule has 3 rings (SSSR count). The summed E-state index contributed by atoms with van der Waals surface area (Å²) in [5.74, 6) is -0.126. The molecule has 0 unspecified atom stereocenters. The average Bonchev–Trinajstić information content (AvgIpc) is 2.95. The molecule has 1 amide bonds. The largest absolute Gasteiger partial charge is 0.462 e. The minimum absolute atomic E-state index is 0.286. The number of carbonyl (C=O) groups is 2. The highest BCUT2D eigenvalue weighted by Gasteiger charge is 2.26. The first-order chi connectivity index (χ1) is 13.2. The zero-order valence-corrected chi connectivity index (χ0v) is 16.9. The molecule has 1 aliphatic rings. The Morgan fingerprint density at radius 1 is 1.18 bits per heavy atom. The summed E-state index contributed by atoms with van der Waals surface area (Å²) in [5.41, 5.74) is 7.61. The summed E-state index contributed by atoms with van der Waals surface area (Å²) in [6.45, 7) is 10.1. The van der Waals surface area contributed by atoms with Gasteiger partial charge in [-0.3, -0.25) is 0 Å². The summed E-state index contributed by atoms with van der Waals surface area (Å²) in [7, 11) is 0. The Kier molecular flexibility index (Phi) is 5.40. The second-order valence-corrected chi connectivity index (χ2v) is 7.82. The normalized spacial score (nSPS) is 15.0. The lowest BCUT2D eigenvalue weighted by atomic mass is 10.1. The molecule has 8 heteroatoms. The third-order valence-electron chi connectivity index (χ3n) is 4.59. The van der Waals surface area contributed by atoms with E-state index in [2.05, 4.69) is 9.88 Å². The highest BCUT2D eigenvalue weighted by atomic mass is 16.6. The van der Waals surface area contributed by atoms with Crippen molar-refractivity contribution in [3.8, 4) is 0 Å². The fraction of sp³-hybridized carbons (Fsp3) is 0.500. The Labute approximate surface area is 164 Å². The number of aromatic nitrogens is 1. The molecule has 0 atom stereocenters. The molecule has 2 heterocycles. The maximum atomic E-state index is 12.3. The van der Waals surface area contributed by atoms with Crippen LogP contribution in [0.4, 0.5) is 16.3 Å². The van der Waals surface area contributed by atoms with Crippen molar-refractivity contribution < 1.29 is 19.1 Å². The predicted octanol–water partition coefficient (Wildman–Crippen LogP) is 2.98. The lowest BCUT2D eigenvalue weighted by molar-refractivity contribution is 0.0240. The predicted molar refractivity (Wildman–Crippen MR) is 109 cm³/mol. The minimum atomic E-state index is -0.503. The van der Waals surface area contributed by atoms with Gasteiger partial charge in [0.1, 0.15) is 17.0 Å². The maximum Gasteiger partial charge on any atom is 0.410 e. The third-order valence-corrected chi connectivity index (χ3v) is 4.59. The monoisotopic (exact) mass is 388 g/mol. The fourth-order valence-electron chi connectivity index (χ4n) is 3.29. The Balaban J connectivity index is 1.75. The molecule has 0 radical (unpaired) electrons. The number of nitrogens with zero attached hydrogens (tertiary/aromatic N) is 2. The van der Waals surface area contributed by atoms with Crippen LogP contribution in [0.2, 0.25) is 0 Å². The first-order valence-electron chi connectivity index (χ1n) is 9.51. The minimum Gasteiger partial charge on any atom is -0.462 e. The van der Waals surface area contributed by atoms with Crippen LogP contribution in [0, 0.1) is 0 Å². The van der Waals surface area contributed by atoms with Crippen molar-refractivity contribution in [2.24, 2.45) is 0 Å². The zero-order valence-electron chi connectivity index (χ0n) is 16.9. The first-order valence-corrected chi connectivity index (χ1v) is 9.51. The number of fused-ring (bicyclic) bond motifs is 1. The summed E-state index contributed by atoms with van der Waals surface area (Å²) in [6.07, 6.45) is -0.286. The van der Waals surface area contributed by atoms with Crippen molar-refractivity contribution in [2.75, 3.05) is 43.4 Å². The molecular weight excluding hydrogens is 360 g/mol. The van der Waals surface area contributed by atoms with E-state index in [1.54, 1.807) is 11.8 Å². The highest BCUT2D eigenvalue weighted by Crippen LogP contribution is 2.30. The quantitative estimate of drug-likeness (QED) is 0.784. The van der Waals surface area contributed by atoms with Crippen LogP contribution in [0.5, 0.6) is 0 Å². The second kappa shape index (κ2) is 7.61. The number of nitrogens with one attached hydrogen (secondary N) is 1. The van der Waals surface area contributed by atoms with Crippen LogP contribution in [0.25, 0.3) is 10.9 Å². The summed E-state index contributed by atoms with van der Waals surface area (Å²) < 4.78 is 10.6. The summed E-state index contributed by atoms with van der Waals surface area (Å²) >= 11 is 0. The number of amides is 1. The third kappa shape index (κ3) is 4.16. The van der Waals surface area contributed by atoms with Gasteiger partial charge in [-0.1, -0.05) is 0 Å². The number of rotatable bonds is 3. The lowest BCUT2D eigenvalue weighted by Gasteiger charge is -2.36. The SMILES string of the molecule is CCOC(=O)c1c(N)[nH]c2ccc(N3CCN(C(=O)OC(C)(C)C)CC3)cc12. The second-order valence-electron chi connectivity index (χ2n) is 7.82. The number of aromatic amines is 1. The molecule has 0 bridgehead atoms. The molecular formula is C20H28N4O4. The number of piperazine rings is 1. The van der Waals surface area contributed by atoms with Crippen LogP contribution in [-0.2, 0) is 9.47 Å². The number of ether oxygens (including phenoxy) is 2. The molecule has 8 nitrogen and oxygen atoms in total. The van der Waals surface area contributed by atoms with Crippen LogP contribution in [-0.4, -0.2) is 60.3 Å². The molecule has 1 fully saturated rings. The van der Waals surface area contributed by atoms with E-state index in [1.807, 2.05) is 39.0 Å². The molecule has 28 heavy (non-hydrogen) atoms. The Bertz CT molecular complexity index is 876. The van der Waals surface area contributed by atoms with Crippen molar-refractivity contribution in [1.82, 2.24) is 9.88 Å². The van der Waals surface area contributed by atoms with E-state index in [9.17, 15) is 9.59 Å². The zero-order chi connectivity index (χ0) is 20.5. The number of nitrogen functional groups attached to an aromatic ring is 1. The molecule has 1 aromatic carbocycles. The van der Waals surface area contributed by atoms with Gasteiger partial charge in [0.25, 0.3) is 0 Å². The van der Waals surface area contributed by atoms with E-state index in [4.69, 9.17) is 15.2 Å². The van der Waals surface area contributed by atoms with Crippen molar-refractivity contribution in [3.63, 3.8) is 0 Å². The van der Waals surface area contributed by atoms with Crippen LogP contribution < -0.4 is 10.6 Å². The fourth-order valence-corrected chi connectivity index (χ4v) is 3.29. The van der Waals surface area contributed by atoms with Crippen LogP contribution >= 0.6 is 0 Å². The average molecular weight is 388 g/mol. The van der Waals surface area contributed by atoms with Crippen molar-refractivity contribution in [3.05, 3.63) is 23.8 Å². The van der Waals surface area contributed by atoms with Gasteiger partial charge in [-0.25, -0.2) is 9.59 Å². The molecule has 1 saturated heterocycles. The van der Waals surface area contributed by atoms with E-state index in [-0.39, 0.29) is 12.7 Å². The Hall–Kier alpha value is -2.90. The van der Waals surface area contributed by atoms with Crippen molar-refractivity contribution >= 4 is 34.5 Å². The van der Waals surface area contributed by atoms with Gasteiger partial charge in [-0.05, 0) is 45.9 Å². The highest BCUT2D eigenvalue weighted by molar-refractivity contribution is 6.09. The van der Waals surface area contributed by atoms with Gasteiger partial charge in [0.15, 0.2) is 0 Å². The van der Waals surface area contributed by atoms with Crippen molar-refractivity contribution in [2.45, 2.75) is 33.3 Å². The van der Waals surface area contributed by atoms with Gasteiger partial charge in [0, 0.05) is 42.8 Å². The number of H-pyrrole nitrogens is 1. The van der Waals surface area contributed by atoms with Gasteiger partial charge in [-0.2, -0.15) is 0 Å². The molecule has 0 aliphatic carbocycles. The summed E-state index contributed by atoms with van der Waals surface area (Å²) in [5, 5.41) is 0.739. The number of benzene rings is 1. The van der Waals surface area contributed by atoms with Gasteiger partial charge in [0.05, 0.1) is 6.61 Å². The number of esters is 1. The number of anilines is 2. The molecule has 2 aromatic rings. The van der Waals surface area contributed by atoms with Crippen LogP contribution in [0.3, 0.4) is 0 Å². The van der Waals surface area contributed by atoms with Crippen molar-refractivity contribution in [1.29, 1.82) is 0 Å². The van der Waals surface area contributed by atoms with Gasteiger partial charge >= 0.3 is 12.1 Å². The maximum absolute atomic E-state index is 12.3. The van der Waals surface area contributed by atoms with Gasteiger partial charge < -0.3 is 30.0 Å². The van der Waals surface area contributed by atoms with E-state index in [0.29, 0.717) is 37.6 Å². The van der Waals surface area contributed by atoms with E-state index in [0.717, 1.165) is 16.6 Å². The number of hydrogen-bond acceptors (Lipinski definition) is 6. The van der Waals surface area contributed by atoms with Gasteiger partial charge in [-0.15, -0.1) is 0 Å². The van der Waals surface area contributed by atoms with Gasteiger partial charge in [0.2, 0.25) is 0 Å². The molecule has 0 saturated carbocycles. The Morgan fingerprint density at radius 2 is 1.86 bits per heavy atom. The topological polar surface area (TPSA) is 101 Å². The first kappa shape index (κ1) is 19.9. The molecule has 1 aliphatic heterocycles. The Morgan fingerprint density at radius 3 is 2.46 bits per heavy atom. The van der Waals surface area contributed by atoms with E-state index < -0.39 is 11.6 Å². The number of carbonyl (C=O) groups excluding carboxylic acids is 2. The standard InChI is InChI=1S/C20H28N4O4/c1-5-27-18(25)16-14-12-13(6-7-15(14)22-17(16)21)23-8-10-24(11-9-23)19(26)28-20(2,3)4/h6-7,12,22H,5,8-11,21H2,1-4H3. The van der Waals surface area contributed by atoms with Crippen LogP contribution in [0.1, 0.15) is 38.1 Å². The van der Waals surface area contributed by atoms with E-state index >= 15 is 0 Å². The molecule has 1 aromatic heterocycles. The molecule has 152 valence electrons. The molecule has 3 N–H and O–H groups in total.